The number of nitrogens with zero attached hydrogens (tertiary/aromatic N) is 2. The van der Waals surface area contributed by atoms with Crippen molar-refractivity contribution in [3.8, 4) is 0 Å². The molecule has 15 heavy (non-hydrogen) atoms. The van der Waals surface area contributed by atoms with Crippen molar-refractivity contribution in [2.45, 2.75) is 26.2 Å². The minimum atomic E-state index is 0.589. The average Bonchev–Trinajstić information content (AvgIpc) is 2.89. The number of H-pyrrole nitrogens is 1. The molecule has 1 aliphatic rings. The zero-order valence-corrected chi connectivity index (χ0v) is 8.66. The van der Waals surface area contributed by atoms with Crippen LogP contribution in [0.5, 0.6) is 0 Å². The van der Waals surface area contributed by atoms with E-state index in [0.717, 1.165) is 34.0 Å². The number of aromatic nitrogens is 3. The van der Waals surface area contributed by atoms with E-state index in [2.05, 4.69) is 9.97 Å². The molecule has 1 N–H and O–H groups in total. The van der Waals surface area contributed by atoms with Gasteiger partial charge in [0.15, 0.2) is 11.3 Å². The van der Waals surface area contributed by atoms with Gasteiger partial charge >= 0.3 is 5.65 Å². The van der Waals surface area contributed by atoms with E-state index in [1.807, 2.05) is 6.92 Å². The Hall–Kier alpha value is -1.58. The monoisotopic (exact) mass is 203 g/mol. The molecule has 1 aliphatic carbocycles. The molecule has 78 valence electrons. The van der Waals surface area contributed by atoms with Crippen molar-refractivity contribution in [1.29, 1.82) is 0 Å². The number of pyridine rings is 1. The molecule has 1 fully saturated rings. The van der Waals surface area contributed by atoms with Crippen LogP contribution >= 0.6 is 0 Å². The lowest BCUT2D eigenvalue weighted by atomic mass is 10.3. The zero-order valence-electron chi connectivity index (χ0n) is 8.66. The van der Waals surface area contributed by atoms with Gasteiger partial charge in [-0.25, -0.2) is 14.7 Å². The summed E-state index contributed by atoms with van der Waals surface area (Å²) in [5.41, 5.74) is 2.45. The van der Waals surface area contributed by atoms with Crippen molar-refractivity contribution in [1.82, 2.24) is 9.97 Å². The van der Waals surface area contributed by atoms with E-state index in [9.17, 15) is 5.21 Å². The molecule has 4 heteroatoms. The number of hydrogen-bond acceptors (Lipinski definition) is 2. The Morgan fingerprint density at radius 2 is 2.40 bits per heavy atom. The third-order valence-electron chi connectivity index (χ3n) is 2.97. The second kappa shape index (κ2) is 2.95. The van der Waals surface area contributed by atoms with Crippen molar-refractivity contribution in [3.63, 3.8) is 0 Å². The molecule has 0 atom stereocenters. The molecule has 2 aromatic rings. The predicted molar refractivity (Wildman–Crippen MR) is 56.2 cm³/mol. The second-order valence-corrected chi connectivity index (χ2v) is 4.35. The summed E-state index contributed by atoms with van der Waals surface area (Å²) in [7, 11) is 0. The molecule has 0 bridgehead atoms. The summed E-state index contributed by atoms with van der Waals surface area (Å²) in [5.74, 6) is 1.73. The van der Waals surface area contributed by atoms with Crippen molar-refractivity contribution < 1.29 is 4.73 Å². The third kappa shape index (κ3) is 1.46. The Labute approximate surface area is 87.5 Å². The van der Waals surface area contributed by atoms with Crippen LogP contribution in [0.15, 0.2) is 12.3 Å². The maximum absolute atomic E-state index is 11.5. The summed E-state index contributed by atoms with van der Waals surface area (Å²) in [6.45, 7) is 1.98. The van der Waals surface area contributed by atoms with Gasteiger partial charge in [0.1, 0.15) is 0 Å². The first kappa shape index (κ1) is 8.71. The molecule has 4 nitrogen and oxygen atoms in total. The fourth-order valence-electron chi connectivity index (χ4n) is 1.87. The Kier molecular flexibility index (Phi) is 1.71. The number of imidazole rings is 1. The molecule has 0 radical (unpaired) electrons. The lowest BCUT2D eigenvalue weighted by Gasteiger charge is -2.01. The average molecular weight is 203 g/mol. The number of aromatic amines is 1. The van der Waals surface area contributed by atoms with Gasteiger partial charge in [-0.2, -0.15) is 0 Å². The largest absolute Gasteiger partial charge is 0.711 e. The molecule has 2 heterocycles. The van der Waals surface area contributed by atoms with E-state index in [1.54, 1.807) is 6.07 Å². The Balaban J connectivity index is 2.10. The summed E-state index contributed by atoms with van der Waals surface area (Å²) >= 11 is 0. The van der Waals surface area contributed by atoms with Crippen LogP contribution in [0, 0.1) is 18.0 Å². The predicted octanol–water partition coefficient (Wildman–Crippen LogP) is 1.46. The minimum Gasteiger partial charge on any atom is -0.711 e. The van der Waals surface area contributed by atoms with Crippen molar-refractivity contribution >= 4 is 11.2 Å². The van der Waals surface area contributed by atoms with Crippen LogP contribution in [-0.4, -0.2) is 9.97 Å². The zero-order chi connectivity index (χ0) is 10.4. The van der Waals surface area contributed by atoms with Crippen LogP contribution < -0.4 is 4.73 Å². The van der Waals surface area contributed by atoms with E-state index in [0.29, 0.717) is 5.65 Å². The smallest absolute Gasteiger partial charge is 0.310 e. The van der Waals surface area contributed by atoms with Crippen LogP contribution in [-0.2, 0) is 6.42 Å². The van der Waals surface area contributed by atoms with Crippen LogP contribution in [0.4, 0.5) is 0 Å². The van der Waals surface area contributed by atoms with Crippen molar-refractivity contribution in [3.05, 3.63) is 28.9 Å². The standard InChI is InChI=1S/C11H13N3O/c1-7-4-5-14(15)11-10(7)12-9(13-11)6-8-2-3-8/h4-5,8H,2-3,6H2,1H3,(H,12,13). The molecule has 1 saturated carbocycles. The number of hydrogen-bond donors (Lipinski definition) is 1. The van der Waals surface area contributed by atoms with Crippen LogP contribution in [0.1, 0.15) is 24.2 Å². The van der Waals surface area contributed by atoms with Gasteiger partial charge in [-0.1, -0.05) is 0 Å². The van der Waals surface area contributed by atoms with Gasteiger partial charge in [-0.15, -0.1) is 0 Å². The number of aryl methyl sites for hydroxylation is 1. The lowest BCUT2D eigenvalue weighted by molar-refractivity contribution is -0.579. The summed E-state index contributed by atoms with van der Waals surface area (Å²) in [4.78, 5) is 7.59. The maximum atomic E-state index is 11.5. The molecule has 0 aromatic carbocycles. The van der Waals surface area contributed by atoms with Crippen molar-refractivity contribution in [2.75, 3.05) is 0 Å². The van der Waals surface area contributed by atoms with Crippen LogP contribution in [0.25, 0.3) is 11.2 Å². The first-order chi connectivity index (χ1) is 7.24. The van der Waals surface area contributed by atoms with Gasteiger partial charge in [-0.3, -0.25) is 0 Å². The molecule has 0 saturated heterocycles. The van der Waals surface area contributed by atoms with Gasteiger partial charge in [-0.05, 0) is 37.3 Å². The number of nitrogens with one attached hydrogen (secondary N) is 1. The molecule has 0 amide bonds. The fraction of sp³-hybridized carbons (Fsp3) is 0.455. The molecule has 0 unspecified atom stereocenters. The molecular weight excluding hydrogens is 190 g/mol. The minimum absolute atomic E-state index is 0.589. The first-order valence-electron chi connectivity index (χ1n) is 5.31. The molecule has 0 spiro atoms. The Bertz CT molecular complexity index is 475. The highest BCUT2D eigenvalue weighted by Gasteiger charge is 2.25. The van der Waals surface area contributed by atoms with E-state index in [-0.39, 0.29) is 0 Å². The topological polar surface area (TPSA) is 55.6 Å². The summed E-state index contributed by atoms with van der Waals surface area (Å²) in [6.07, 6.45) is 5.10. The van der Waals surface area contributed by atoms with E-state index in [1.165, 1.54) is 19.0 Å². The second-order valence-electron chi connectivity index (χ2n) is 4.35. The normalized spacial score (nSPS) is 16.1. The highest BCUT2D eigenvalue weighted by atomic mass is 16.5. The Morgan fingerprint density at radius 3 is 3.07 bits per heavy atom. The number of rotatable bonds is 2. The summed E-state index contributed by atoms with van der Waals surface area (Å²) in [5, 5.41) is 11.5. The lowest BCUT2D eigenvalue weighted by Crippen LogP contribution is -2.26. The van der Waals surface area contributed by atoms with Crippen LogP contribution in [0.3, 0.4) is 0 Å². The maximum Gasteiger partial charge on any atom is 0.310 e. The highest BCUT2D eigenvalue weighted by Crippen LogP contribution is 2.32. The van der Waals surface area contributed by atoms with E-state index < -0.39 is 0 Å². The summed E-state index contributed by atoms with van der Waals surface area (Å²) < 4.78 is 0.853. The van der Waals surface area contributed by atoms with E-state index in [4.69, 9.17) is 0 Å². The number of fused-ring (bicyclic) bond motifs is 1. The Morgan fingerprint density at radius 1 is 1.60 bits per heavy atom. The van der Waals surface area contributed by atoms with Gasteiger partial charge in [0, 0.05) is 6.42 Å². The first-order valence-corrected chi connectivity index (χ1v) is 5.31. The molecular formula is C11H13N3O. The van der Waals surface area contributed by atoms with Gasteiger partial charge in [0.05, 0.1) is 6.20 Å². The van der Waals surface area contributed by atoms with Gasteiger partial charge in [0.25, 0.3) is 0 Å². The van der Waals surface area contributed by atoms with Gasteiger partial charge in [0.2, 0.25) is 0 Å². The highest BCUT2D eigenvalue weighted by molar-refractivity contribution is 5.71. The van der Waals surface area contributed by atoms with E-state index >= 15 is 0 Å². The van der Waals surface area contributed by atoms with Crippen LogP contribution in [0.2, 0.25) is 0 Å². The SMILES string of the molecule is Cc1cc[n+]([O-])c2[nH]c(CC3CC3)nc12. The summed E-state index contributed by atoms with van der Waals surface area (Å²) in [6, 6.07) is 1.80. The fourth-order valence-corrected chi connectivity index (χ4v) is 1.87. The van der Waals surface area contributed by atoms with Crippen molar-refractivity contribution in [2.24, 2.45) is 5.92 Å². The quantitative estimate of drug-likeness (QED) is 0.593. The molecule has 0 aliphatic heterocycles. The third-order valence-corrected chi connectivity index (χ3v) is 2.97. The molecule has 3 rings (SSSR count). The molecule has 2 aromatic heterocycles. The van der Waals surface area contributed by atoms with Gasteiger partial charge < -0.3 is 5.21 Å².